The zero-order chi connectivity index (χ0) is 12.5. The molecule has 0 fully saturated rings. The molecule has 2 heteroatoms. The van der Waals surface area contributed by atoms with Crippen LogP contribution in [-0.2, 0) is 6.54 Å². The molecule has 17 heavy (non-hydrogen) atoms. The van der Waals surface area contributed by atoms with Gasteiger partial charge < -0.3 is 10.0 Å². The Balaban J connectivity index is 2.29. The van der Waals surface area contributed by atoms with Gasteiger partial charge in [-0.1, -0.05) is 36.4 Å². The van der Waals surface area contributed by atoms with Crippen molar-refractivity contribution in [3.8, 4) is 0 Å². The summed E-state index contributed by atoms with van der Waals surface area (Å²) in [5.41, 5.74) is 1.33. The first kappa shape index (κ1) is 13.9. The zero-order valence-electron chi connectivity index (χ0n) is 10.7. The minimum atomic E-state index is 0.255. The summed E-state index contributed by atoms with van der Waals surface area (Å²) in [6, 6.07) is 10.5. The van der Waals surface area contributed by atoms with Gasteiger partial charge in [0.2, 0.25) is 0 Å². The lowest BCUT2D eigenvalue weighted by Crippen LogP contribution is -2.22. The lowest BCUT2D eigenvalue weighted by molar-refractivity contribution is 0.200. The van der Waals surface area contributed by atoms with Crippen LogP contribution in [0.1, 0.15) is 18.4 Å². The molecule has 0 radical (unpaired) electrons. The van der Waals surface area contributed by atoms with E-state index in [4.69, 9.17) is 0 Å². The maximum absolute atomic E-state index is 9.19. The summed E-state index contributed by atoms with van der Waals surface area (Å²) in [4.78, 5) is 2.29. The van der Waals surface area contributed by atoms with E-state index >= 15 is 0 Å². The van der Waals surface area contributed by atoms with Crippen molar-refractivity contribution in [1.82, 2.24) is 4.90 Å². The molecule has 0 spiro atoms. The summed E-state index contributed by atoms with van der Waals surface area (Å²) in [6.07, 6.45) is 3.81. The van der Waals surface area contributed by atoms with Crippen molar-refractivity contribution >= 4 is 0 Å². The average molecular weight is 233 g/mol. The summed E-state index contributed by atoms with van der Waals surface area (Å²) in [5, 5.41) is 9.19. The van der Waals surface area contributed by atoms with E-state index in [0.717, 1.165) is 25.9 Å². The predicted octanol–water partition coefficient (Wildman–Crippen LogP) is 2.69. The van der Waals surface area contributed by atoms with E-state index in [0.29, 0.717) is 5.92 Å². The monoisotopic (exact) mass is 233 g/mol. The lowest BCUT2D eigenvalue weighted by atomic mass is 10.0. The normalized spacial score (nSPS) is 12.6. The van der Waals surface area contributed by atoms with Gasteiger partial charge in [-0.15, -0.1) is 6.58 Å². The van der Waals surface area contributed by atoms with Gasteiger partial charge >= 0.3 is 0 Å². The van der Waals surface area contributed by atoms with E-state index in [2.05, 4.69) is 42.8 Å². The Morgan fingerprint density at radius 2 is 2.06 bits per heavy atom. The van der Waals surface area contributed by atoms with Crippen LogP contribution in [0.2, 0.25) is 0 Å². The van der Waals surface area contributed by atoms with Gasteiger partial charge in [0.15, 0.2) is 0 Å². The summed E-state index contributed by atoms with van der Waals surface area (Å²) in [6.45, 7) is 5.95. The molecule has 2 nitrogen and oxygen atoms in total. The van der Waals surface area contributed by atoms with E-state index in [1.54, 1.807) is 0 Å². The third-order valence-corrected chi connectivity index (χ3v) is 2.97. The smallest absolute Gasteiger partial charge is 0.0462 e. The third-order valence-electron chi connectivity index (χ3n) is 2.97. The van der Waals surface area contributed by atoms with Gasteiger partial charge in [0, 0.05) is 13.2 Å². The minimum Gasteiger partial charge on any atom is -0.396 e. The topological polar surface area (TPSA) is 23.5 Å². The highest BCUT2D eigenvalue weighted by molar-refractivity contribution is 5.14. The van der Waals surface area contributed by atoms with Crippen LogP contribution >= 0.6 is 0 Å². The van der Waals surface area contributed by atoms with Crippen molar-refractivity contribution in [2.24, 2.45) is 5.92 Å². The quantitative estimate of drug-likeness (QED) is 0.698. The highest BCUT2D eigenvalue weighted by Gasteiger charge is 2.07. The van der Waals surface area contributed by atoms with Gasteiger partial charge in [-0.05, 0) is 37.9 Å². The number of hydrogen-bond donors (Lipinski definition) is 1. The van der Waals surface area contributed by atoms with Crippen LogP contribution < -0.4 is 0 Å². The van der Waals surface area contributed by atoms with Gasteiger partial charge in [0.25, 0.3) is 0 Å². The van der Waals surface area contributed by atoms with Gasteiger partial charge in [0.1, 0.15) is 0 Å². The summed E-state index contributed by atoms with van der Waals surface area (Å²) < 4.78 is 0. The fourth-order valence-electron chi connectivity index (χ4n) is 1.90. The summed E-state index contributed by atoms with van der Waals surface area (Å²) in [7, 11) is 2.12. The molecule has 1 N–H and O–H groups in total. The molecular formula is C15H23NO. The molecule has 0 bridgehead atoms. The molecule has 1 rings (SSSR count). The maximum Gasteiger partial charge on any atom is 0.0462 e. The molecule has 0 unspecified atom stereocenters. The summed E-state index contributed by atoms with van der Waals surface area (Å²) >= 11 is 0. The van der Waals surface area contributed by atoms with Gasteiger partial charge in [-0.25, -0.2) is 0 Å². The standard InChI is InChI=1S/C15H23NO/c1-3-7-15(13-17)10-11-16(2)12-14-8-5-4-6-9-14/h3-6,8-9,15,17H,1,7,10-13H2,2H3/t15-/m1/s1. The Bertz CT molecular complexity index is 310. The SMILES string of the molecule is C=CC[C@@H](CO)CCN(C)Cc1ccccc1. The molecule has 0 aliphatic rings. The molecule has 0 aliphatic heterocycles. The Kier molecular flexibility index (Phi) is 6.60. The van der Waals surface area contributed by atoms with Crippen molar-refractivity contribution in [3.63, 3.8) is 0 Å². The van der Waals surface area contributed by atoms with E-state index in [1.807, 2.05) is 12.1 Å². The molecule has 94 valence electrons. The molecule has 0 saturated heterocycles. The average Bonchev–Trinajstić information content (AvgIpc) is 2.35. The third kappa shape index (κ3) is 5.66. The highest BCUT2D eigenvalue weighted by atomic mass is 16.3. The second-order valence-electron chi connectivity index (χ2n) is 4.59. The first-order valence-electron chi connectivity index (χ1n) is 6.20. The number of rotatable bonds is 8. The van der Waals surface area contributed by atoms with Crippen molar-refractivity contribution in [3.05, 3.63) is 48.6 Å². The zero-order valence-corrected chi connectivity index (χ0v) is 10.7. The van der Waals surface area contributed by atoms with Crippen molar-refractivity contribution in [2.75, 3.05) is 20.2 Å². The number of hydrogen-bond acceptors (Lipinski definition) is 2. The highest BCUT2D eigenvalue weighted by Crippen LogP contribution is 2.10. The van der Waals surface area contributed by atoms with E-state index in [1.165, 1.54) is 5.56 Å². The molecule has 1 aromatic carbocycles. The van der Waals surface area contributed by atoms with E-state index < -0.39 is 0 Å². The largest absolute Gasteiger partial charge is 0.396 e. The Morgan fingerprint density at radius 3 is 2.65 bits per heavy atom. The second-order valence-corrected chi connectivity index (χ2v) is 4.59. The molecular weight excluding hydrogens is 210 g/mol. The number of benzene rings is 1. The Hall–Kier alpha value is -1.12. The number of aliphatic hydroxyl groups excluding tert-OH is 1. The number of nitrogens with zero attached hydrogens (tertiary/aromatic N) is 1. The summed E-state index contributed by atoms with van der Waals surface area (Å²) in [5.74, 6) is 0.353. The number of allylic oxidation sites excluding steroid dienone is 1. The molecule has 0 heterocycles. The molecule has 1 atom stereocenters. The molecule has 0 aromatic heterocycles. The first-order valence-corrected chi connectivity index (χ1v) is 6.20. The molecule has 0 aliphatic carbocycles. The Morgan fingerprint density at radius 1 is 1.35 bits per heavy atom. The predicted molar refractivity (Wildman–Crippen MR) is 72.8 cm³/mol. The van der Waals surface area contributed by atoms with Crippen LogP contribution in [-0.4, -0.2) is 30.2 Å². The van der Waals surface area contributed by atoms with Crippen molar-refractivity contribution in [1.29, 1.82) is 0 Å². The van der Waals surface area contributed by atoms with Crippen LogP contribution in [0.4, 0.5) is 0 Å². The van der Waals surface area contributed by atoms with Crippen LogP contribution in [0.15, 0.2) is 43.0 Å². The van der Waals surface area contributed by atoms with E-state index in [-0.39, 0.29) is 6.61 Å². The lowest BCUT2D eigenvalue weighted by Gasteiger charge is -2.19. The van der Waals surface area contributed by atoms with Crippen LogP contribution in [0.25, 0.3) is 0 Å². The van der Waals surface area contributed by atoms with E-state index in [9.17, 15) is 5.11 Å². The maximum atomic E-state index is 9.19. The van der Waals surface area contributed by atoms with Crippen LogP contribution in [0.5, 0.6) is 0 Å². The van der Waals surface area contributed by atoms with Crippen molar-refractivity contribution in [2.45, 2.75) is 19.4 Å². The van der Waals surface area contributed by atoms with Gasteiger partial charge in [-0.2, -0.15) is 0 Å². The van der Waals surface area contributed by atoms with Crippen molar-refractivity contribution < 1.29 is 5.11 Å². The van der Waals surface area contributed by atoms with Gasteiger partial charge in [-0.3, -0.25) is 0 Å². The van der Waals surface area contributed by atoms with Crippen LogP contribution in [0.3, 0.4) is 0 Å². The first-order chi connectivity index (χ1) is 8.26. The molecule has 0 saturated carbocycles. The van der Waals surface area contributed by atoms with Gasteiger partial charge in [0.05, 0.1) is 0 Å². The molecule has 0 amide bonds. The molecule has 1 aromatic rings. The number of aliphatic hydroxyl groups is 1. The minimum absolute atomic E-state index is 0.255. The second kappa shape index (κ2) is 8.04. The Labute approximate surface area is 105 Å². The van der Waals surface area contributed by atoms with Crippen LogP contribution in [0, 0.1) is 5.92 Å². The fraction of sp³-hybridized carbons (Fsp3) is 0.467. The fourth-order valence-corrected chi connectivity index (χ4v) is 1.90.